The SMILES string of the molecule is COc1cc(Cl)cc(/C=N/NC(=O)c2ccccc2)c1O. The summed E-state index contributed by atoms with van der Waals surface area (Å²) in [6.07, 6.45) is 1.30. The third kappa shape index (κ3) is 3.73. The lowest BCUT2D eigenvalue weighted by Gasteiger charge is -2.06. The maximum absolute atomic E-state index is 11.8. The highest BCUT2D eigenvalue weighted by Crippen LogP contribution is 2.32. The monoisotopic (exact) mass is 304 g/mol. The number of amides is 1. The minimum absolute atomic E-state index is 0.0976. The lowest BCUT2D eigenvalue weighted by Crippen LogP contribution is -2.17. The molecule has 5 nitrogen and oxygen atoms in total. The number of halogens is 1. The van der Waals surface area contributed by atoms with Gasteiger partial charge < -0.3 is 9.84 Å². The van der Waals surface area contributed by atoms with Gasteiger partial charge in [-0.15, -0.1) is 0 Å². The van der Waals surface area contributed by atoms with Gasteiger partial charge in [0.05, 0.1) is 13.3 Å². The number of hydrogen-bond acceptors (Lipinski definition) is 4. The Bertz CT molecular complexity index is 672. The molecular formula is C15H13ClN2O3. The fourth-order valence-electron chi connectivity index (χ4n) is 1.66. The van der Waals surface area contributed by atoms with Crippen molar-refractivity contribution in [3.63, 3.8) is 0 Å². The number of aromatic hydroxyl groups is 1. The Hall–Kier alpha value is -2.53. The standard InChI is InChI=1S/C15H13ClN2O3/c1-21-13-8-12(16)7-11(14(13)19)9-17-18-15(20)10-5-3-2-4-6-10/h2-9,19H,1H3,(H,18,20)/b17-9+. The van der Waals surface area contributed by atoms with E-state index < -0.39 is 0 Å². The summed E-state index contributed by atoms with van der Waals surface area (Å²) in [4.78, 5) is 11.8. The molecule has 0 aliphatic carbocycles. The first kappa shape index (κ1) is 14.9. The lowest BCUT2D eigenvalue weighted by atomic mass is 10.2. The maximum atomic E-state index is 11.8. The molecule has 0 radical (unpaired) electrons. The van der Waals surface area contributed by atoms with Crippen LogP contribution in [0.25, 0.3) is 0 Å². The maximum Gasteiger partial charge on any atom is 0.271 e. The number of carbonyl (C=O) groups excluding carboxylic acids is 1. The molecule has 2 aromatic carbocycles. The molecule has 0 saturated heterocycles. The van der Waals surface area contributed by atoms with Gasteiger partial charge in [0.1, 0.15) is 0 Å². The Morgan fingerprint density at radius 3 is 2.71 bits per heavy atom. The van der Waals surface area contributed by atoms with Crippen molar-refractivity contribution in [3.05, 3.63) is 58.6 Å². The second-order valence-electron chi connectivity index (χ2n) is 4.11. The van der Waals surface area contributed by atoms with E-state index in [9.17, 15) is 9.90 Å². The normalized spacial score (nSPS) is 10.6. The Balaban J connectivity index is 2.12. The van der Waals surface area contributed by atoms with E-state index in [2.05, 4.69) is 10.5 Å². The summed E-state index contributed by atoms with van der Waals surface area (Å²) in [5.74, 6) is -0.210. The summed E-state index contributed by atoms with van der Waals surface area (Å²) in [6.45, 7) is 0. The summed E-state index contributed by atoms with van der Waals surface area (Å²) in [6, 6.07) is 11.7. The van der Waals surface area contributed by atoms with Crippen molar-refractivity contribution in [2.45, 2.75) is 0 Å². The fourth-order valence-corrected chi connectivity index (χ4v) is 1.88. The number of ether oxygens (including phenoxy) is 1. The number of nitrogens with zero attached hydrogens (tertiary/aromatic N) is 1. The minimum atomic E-state index is -0.347. The van der Waals surface area contributed by atoms with Crippen molar-refractivity contribution in [2.24, 2.45) is 5.10 Å². The summed E-state index contributed by atoms with van der Waals surface area (Å²) in [7, 11) is 1.42. The lowest BCUT2D eigenvalue weighted by molar-refractivity contribution is 0.0955. The Kier molecular flexibility index (Phi) is 4.79. The van der Waals surface area contributed by atoms with Gasteiger partial charge in [0.2, 0.25) is 0 Å². The largest absolute Gasteiger partial charge is 0.504 e. The highest BCUT2D eigenvalue weighted by Gasteiger charge is 2.08. The average molecular weight is 305 g/mol. The van der Waals surface area contributed by atoms with Crippen molar-refractivity contribution >= 4 is 23.7 Å². The highest BCUT2D eigenvalue weighted by atomic mass is 35.5. The van der Waals surface area contributed by atoms with Crippen LogP contribution in [0.1, 0.15) is 15.9 Å². The van der Waals surface area contributed by atoms with Crippen LogP contribution in [0.2, 0.25) is 5.02 Å². The minimum Gasteiger partial charge on any atom is -0.504 e. The molecular weight excluding hydrogens is 292 g/mol. The van der Waals surface area contributed by atoms with E-state index in [0.717, 1.165) is 0 Å². The van der Waals surface area contributed by atoms with Crippen LogP contribution in [-0.4, -0.2) is 24.3 Å². The molecule has 108 valence electrons. The zero-order chi connectivity index (χ0) is 15.2. The van der Waals surface area contributed by atoms with E-state index in [1.165, 1.54) is 25.5 Å². The van der Waals surface area contributed by atoms with Gasteiger partial charge in [-0.2, -0.15) is 5.10 Å². The number of carbonyl (C=O) groups is 1. The van der Waals surface area contributed by atoms with Gasteiger partial charge in [-0.1, -0.05) is 29.8 Å². The fraction of sp³-hybridized carbons (Fsp3) is 0.0667. The zero-order valence-electron chi connectivity index (χ0n) is 11.2. The van der Waals surface area contributed by atoms with Crippen molar-refractivity contribution in [1.82, 2.24) is 5.43 Å². The van der Waals surface area contributed by atoms with Gasteiger partial charge in [0, 0.05) is 22.2 Å². The molecule has 0 unspecified atom stereocenters. The molecule has 2 rings (SSSR count). The molecule has 0 aliphatic rings. The van der Waals surface area contributed by atoms with Gasteiger partial charge in [-0.25, -0.2) is 5.43 Å². The average Bonchev–Trinajstić information content (AvgIpc) is 2.51. The van der Waals surface area contributed by atoms with E-state index in [0.29, 0.717) is 16.1 Å². The number of hydrazone groups is 1. The summed E-state index contributed by atoms with van der Waals surface area (Å²) >= 11 is 5.90. The van der Waals surface area contributed by atoms with Crippen LogP contribution in [0, 0.1) is 0 Å². The number of phenolic OH excluding ortho intramolecular Hbond substituents is 1. The first-order chi connectivity index (χ1) is 10.1. The number of nitrogens with one attached hydrogen (secondary N) is 1. The molecule has 2 N–H and O–H groups in total. The van der Waals surface area contributed by atoms with Crippen LogP contribution in [-0.2, 0) is 0 Å². The molecule has 2 aromatic rings. The Morgan fingerprint density at radius 1 is 1.33 bits per heavy atom. The summed E-state index contributed by atoms with van der Waals surface area (Å²) < 4.78 is 4.98. The van der Waals surface area contributed by atoms with Crippen LogP contribution >= 0.6 is 11.6 Å². The molecule has 0 heterocycles. The van der Waals surface area contributed by atoms with Crippen LogP contribution < -0.4 is 10.2 Å². The second-order valence-corrected chi connectivity index (χ2v) is 4.55. The van der Waals surface area contributed by atoms with Crippen molar-refractivity contribution < 1.29 is 14.6 Å². The molecule has 0 aliphatic heterocycles. The third-order valence-corrected chi connectivity index (χ3v) is 2.91. The summed E-state index contributed by atoms with van der Waals surface area (Å²) in [5, 5.41) is 14.1. The number of hydrogen-bond donors (Lipinski definition) is 2. The molecule has 0 aromatic heterocycles. The molecule has 0 saturated carbocycles. The molecule has 0 atom stereocenters. The predicted molar refractivity (Wildman–Crippen MR) is 81.2 cm³/mol. The van der Waals surface area contributed by atoms with Crippen molar-refractivity contribution in [3.8, 4) is 11.5 Å². The van der Waals surface area contributed by atoms with Gasteiger partial charge in [-0.05, 0) is 18.2 Å². The molecule has 1 amide bonds. The van der Waals surface area contributed by atoms with Gasteiger partial charge in [0.25, 0.3) is 5.91 Å². The van der Waals surface area contributed by atoms with E-state index in [-0.39, 0.29) is 17.4 Å². The van der Waals surface area contributed by atoms with E-state index >= 15 is 0 Å². The van der Waals surface area contributed by atoms with Crippen LogP contribution in [0.15, 0.2) is 47.6 Å². The number of methoxy groups -OCH3 is 1. The van der Waals surface area contributed by atoms with Crippen molar-refractivity contribution in [1.29, 1.82) is 0 Å². The first-order valence-electron chi connectivity index (χ1n) is 6.06. The molecule has 0 spiro atoms. The second kappa shape index (κ2) is 6.76. The predicted octanol–water partition coefficient (Wildman–Crippen LogP) is 2.82. The first-order valence-corrected chi connectivity index (χ1v) is 6.44. The zero-order valence-corrected chi connectivity index (χ0v) is 12.0. The number of phenols is 1. The molecule has 21 heavy (non-hydrogen) atoms. The smallest absolute Gasteiger partial charge is 0.271 e. The number of rotatable bonds is 4. The molecule has 0 bridgehead atoms. The van der Waals surface area contributed by atoms with Crippen LogP contribution in [0.5, 0.6) is 11.5 Å². The van der Waals surface area contributed by atoms with E-state index in [1.54, 1.807) is 24.3 Å². The van der Waals surface area contributed by atoms with Crippen LogP contribution in [0.3, 0.4) is 0 Å². The Labute approximate surface area is 126 Å². The Morgan fingerprint density at radius 2 is 2.05 bits per heavy atom. The van der Waals surface area contributed by atoms with E-state index in [1.807, 2.05) is 6.07 Å². The van der Waals surface area contributed by atoms with E-state index in [4.69, 9.17) is 16.3 Å². The quantitative estimate of drug-likeness (QED) is 0.674. The molecule has 6 heteroatoms. The summed E-state index contributed by atoms with van der Waals surface area (Å²) in [5.41, 5.74) is 3.20. The number of benzene rings is 2. The van der Waals surface area contributed by atoms with Gasteiger partial charge in [-0.3, -0.25) is 4.79 Å². The third-order valence-electron chi connectivity index (χ3n) is 2.69. The van der Waals surface area contributed by atoms with Crippen LogP contribution in [0.4, 0.5) is 0 Å². The van der Waals surface area contributed by atoms with Gasteiger partial charge >= 0.3 is 0 Å². The van der Waals surface area contributed by atoms with Crippen molar-refractivity contribution in [2.75, 3.05) is 7.11 Å². The topological polar surface area (TPSA) is 70.9 Å². The van der Waals surface area contributed by atoms with Gasteiger partial charge in [0.15, 0.2) is 11.5 Å². The highest BCUT2D eigenvalue weighted by molar-refractivity contribution is 6.31. The molecule has 0 fully saturated rings.